The molecule has 1 aliphatic heterocycles. The second kappa shape index (κ2) is 7.11. The Morgan fingerprint density at radius 3 is 2.32 bits per heavy atom. The van der Waals surface area contributed by atoms with Gasteiger partial charge in [0.1, 0.15) is 0 Å². The van der Waals surface area contributed by atoms with Crippen LogP contribution in [0.1, 0.15) is 56.4 Å². The molecule has 0 bridgehead atoms. The lowest BCUT2D eigenvalue weighted by Gasteiger charge is -2.24. The summed E-state index contributed by atoms with van der Waals surface area (Å²) in [4.78, 5) is 0.387. The maximum Gasteiger partial charge on any atom is 0.240 e. The van der Waals surface area contributed by atoms with Crippen molar-refractivity contribution in [2.45, 2.75) is 61.8 Å². The van der Waals surface area contributed by atoms with Crippen LogP contribution in [0, 0.1) is 0 Å². The van der Waals surface area contributed by atoms with Crippen molar-refractivity contribution >= 4 is 10.0 Å². The van der Waals surface area contributed by atoms with Gasteiger partial charge in [-0.3, -0.25) is 0 Å². The molecule has 1 aliphatic carbocycles. The van der Waals surface area contributed by atoms with Crippen LogP contribution >= 0.6 is 0 Å². The topological polar surface area (TPSA) is 58.2 Å². The first-order chi connectivity index (χ1) is 10.6. The Morgan fingerprint density at radius 1 is 0.955 bits per heavy atom. The van der Waals surface area contributed by atoms with Crippen LogP contribution in [0.25, 0.3) is 0 Å². The minimum absolute atomic E-state index is 0.0109. The van der Waals surface area contributed by atoms with Gasteiger partial charge in [0, 0.05) is 12.6 Å². The van der Waals surface area contributed by atoms with Crippen LogP contribution in [0.15, 0.2) is 29.2 Å². The molecule has 2 aliphatic rings. The van der Waals surface area contributed by atoms with Gasteiger partial charge in [0.15, 0.2) is 0 Å². The lowest BCUT2D eigenvalue weighted by molar-refractivity contribution is 0.428. The number of benzene rings is 1. The van der Waals surface area contributed by atoms with Crippen LogP contribution in [0.3, 0.4) is 0 Å². The standard InChI is InChI=1S/C17H26N2O2S/c20-22(21,19-16-7-4-12-18-13-16)17-10-8-15(9-11-17)14-5-2-1-3-6-14/h8-11,14,16,18-19H,1-7,12-13H2. The van der Waals surface area contributed by atoms with Gasteiger partial charge >= 0.3 is 0 Å². The van der Waals surface area contributed by atoms with Gasteiger partial charge < -0.3 is 5.32 Å². The van der Waals surface area contributed by atoms with Crippen LogP contribution in [0.5, 0.6) is 0 Å². The number of hydrogen-bond donors (Lipinski definition) is 2. The molecule has 3 rings (SSSR count). The van der Waals surface area contributed by atoms with E-state index in [1.165, 1.54) is 37.7 Å². The average molecular weight is 322 g/mol. The van der Waals surface area contributed by atoms with Crippen molar-refractivity contribution < 1.29 is 8.42 Å². The zero-order chi connectivity index (χ0) is 15.4. The second-order valence-corrected chi connectivity index (χ2v) is 8.28. The highest BCUT2D eigenvalue weighted by Gasteiger charge is 2.22. The van der Waals surface area contributed by atoms with Crippen LogP contribution < -0.4 is 10.0 Å². The van der Waals surface area contributed by atoms with E-state index in [1.807, 2.05) is 12.1 Å². The fourth-order valence-corrected chi connectivity index (χ4v) is 4.87. The minimum Gasteiger partial charge on any atom is -0.315 e. The maximum atomic E-state index is 12.4. The lowest BCUT2D eigenvalue weighted by Crippen LogP contribution is -2.45. The van der Waals surface area contributed by atoms with Gasteiger partial charge in [-0.25, -0.2) is 13.1 Å². The molecule has 122 valence electrons. The number of rotatable bonds is 4. The molecule has 1 atom stereocenters. The minimum atomic E-state index is -3.40. The van der Waals surface area contributed by atoms with Crippen molar-refractivity contribution in [1.29, 1.82) is 0 Å². The van der Waals surface area contributed by atoms with E-state index in [2.05, 4.69) is 10.0 Å². The molecule has 1 unspecified atom stereocenters. The average Bonchev–Trinajstić information content (AvgIpc) is 2.56. The zero-order valence-electron chi connectivity index (χ0n) is 13.1. The highest BCUT2D eigenvalue weighted by atomic mass is 32.2. The quantitative estimate of drug-likeness (QED) is 0.896. The number of sulfonamides is 1. The summed E-state index contributed by atoms with van der Waals surface area (Å²) in [6, 6.07) is 7.55. The molecule has 0 aromatic heterocycles. The molecular formula is C17H26N2O2S. The Hall–Kier alpha value is -0.910. The van der Waals surface area contributed by atoms with Gasteiger partial charge in [0.2, 0.25) is 10.0 Å². The summed E-state index contributed by atoms with van der Waals surface area (Å²) < 4.78 is 27.7. The van der Waals surface area contributed by atoms with Crippen molar-refractivity contribution in [1.82, 2.24) is 10.0 Å². The number of nitrogens with one attached hydrogen (secondary N) is 2. The van der Waals surface area contributed by atoms with Crippen molar-refractivity contribution in [3.8, 4) is 0 Å². The third-order valence-corrected chi connectivity index (χ3v) is 6.42. The number of piperidine rings is 1. The Balaban J connectivity index is 1.68. The van der Waals surface area contributed by atoms with Crippen molar-refractivity contribution in [3.05, 3.63) is 29.8 Å². The Labute approximate surface area is 133 Å². The van der Waals surface area contributed by atoms with E-state index in [9.17, 15) is 8.42 Å². The van der Waals surface area contributed by atoms with Crippen molar-refractivity contribution in [3.63, 3.8) is 0 Å². The first-order valence-corrected chi connectivity index (χ1v) is 9.96. The highest BCUT2D eigenvalue weighted by molar-refractivity contribution is 7.89. The fourth-order valence-electron chi connectivity index (χ4n) is 3.59. The molecule has 1 heterocycles. The molecule has 1 aromatic rings. The first kappa shape index (κ1) is 16.0. The summed E-state index contributed by atoms with van der Waals surface area (Å²) in [5.74, 6) is 0.612. The molecule has 2 N–H and O–H groups in total. The smallest absolute Gasteiger partial charge is 0.240 e. The summed E-state index contributed by atoms with van der Waals surface area (Å²) in [6.45, 7) is 1.70. The van der Waals surface area contributed by atoms with E-state index in [0.717, 1.165) is 25.9 Å². The van der Waals surface area contributed by atoms with E-state index in [1.54, 1.807) is 12.1 Å². The Bertz CT molecular complexity index is 571. The summed E-state index contributed by atoms with van der Waals surface area (Å²) in [7, 11) is -3.40. The summed E-state index contributed by atoms with van der Waals surface area (Å²) in [6.07, 6.45) is 8.32. The molecule has 1 aromatic carbocycles. The molecule has 0 amide bonds. The van der Waals surface area contributed by atoms with E-state index in [0.29, 0.717) is 10.8 Å². The first-order valence-electron chi connectivity index (χ1n) is 8.48. The molecular weight excluding hydrogens is 296 g/mol. The fraction of sp³-hybridized carbons (Fsp3) is 0.647. The summed E-state index contributed by atoms with van der Waals surface area (Å²) >= 11 is 0. The van der Waals surface area contributed by atoms with E-state index < -0.39 is 10.0 Å². The molecule has 0 radical (unpaired) electrons. The van der Waals surface area contributed by atoms with Gasteiger partial charge in [-0.05, 0) is 55.8 Å². The van der Waals surface area contributed by atoms with Crippen molar-refractivity contribution in [2.24, 2.45) is 0 Å². The summed E-state index contributed by atoms with van der Waals surface area (Å²) in [5.41, 5.74) is 1.29. The molecule has 1 saturated heterocycles. The van der Waals surface area contributed by atoms with Crippen LogP contribution in [-0.4, -0.2) is 27.5 Å². The van der Waals surface area contributed by atoms with Crippen LogP contribution in [0.2, 0.25) is 0 Å². The maximum absolute atomic E-state index is 12.4. The van der Waals surface area contributed by atoms with E-state index in [4.69, 9.17) is 0 Å². The monoisotopic (exact) mass is 322 g/mol. The third kappa shape index (κ3) is 3.89. The Morgan fingerprint density at radius 2 is 1.68 bits per heavy atom. The number of hydrogen-bond acceptors (Lipinski definition) is 3. The molecule has 1 saturated carbocycles. The van der Waals surface area contributed by atoms with Crippen molar-refractivity contribution in [2.75, 3.05) is 13.1 Å². The third-order valence-electron chi connectivity index (χ3n) is 4.89. The highest BCUT2D eigenvalue weighted by Crippen LogP contribution is 2.32. The van der Waals surface area contributed by atoms with E-state index in [-0.39, 0.29) is 6.04 Å². The second-order valence-electron chi connectivity index (χ2n) is 6.57. The molecule has 2 fully saturated rings. The zero-order valence-corrected chi connectivity index (χ0v) is 13.9. The predicted octanol–water partition coefficient (Wildman–Crippen LogP) is 2.76. The van der Waals surface area contributed by atoms with Crippen LogP contribution in [-0.2, 0) is 10.0 Å². The van der Waals surface area contributed by atoms with Gasteiger partial charge in [0.25, 0.3) is 0 Å². The summed E-state index contributed by atoms with van der Waals surface area (Å²) in [5, 5.41) is 3.23. The normalized spacial score (nSPS) is 24.3. The van der Waals surface area contributed by atoms with Gasteiger partial charge in [-0.1, -0.05) is 31.4 Å². The lowest BCUT2D eigenvalue weighted by atomic mass is 9.84. The van der Waals surface area contributed by atoms with E-state index >= 15 is 0 Å². The molecule has 5 heteroatoms. The van der Waals surface area contributed by atoms with Gasteiger partial charge in [-0.2, -0.15) is 0 Å². The van der Waals surface area contributed by atoms with Crippen LogP contribution in [0.4, 0.5) is 0 Å². The molecule has 0 spiro atoms. The Kier molecular flexibility index (Phi) is 5.16. The predicted molar refractivity (Wildman–Crippen MR) is 88.5 cm³/mol. The van der Waals surface area contributed by atoms with Gasteiger partial charge in [0.05, 0.1) is 4.90 Å². The molecule has 4 nitrogen and oxygen atoms in total. The SMILES string of the molecule is O=S(=O)(NC1CCCNC1)c1ccc(C2CCCCC2)cc1. The van der Waals surface area contributed by atoms with Gasteiger partial charge in [-0.15, -0.1) is 0 Å². The molecule has 22 heavy (non-hydrogen) atoms. The largest absolute Gasteiger partial charge is 0.315 e.